The molecule has 1 aromatic heterocycles. The van der Waals surface area contributed by atoms with Gasteiger partial charge in [-0.15, -0.1) is 0 Å². The Balaban J connectivity index is 1.16. The van der Waals surface area contributed by atoms with Crippen molar-refractivity contribution in [1.82, 2.24) is 4.57 Å². The minimum atomic E-state index is 0.971. The number of hydrogen-bond acceptors (Lipinski definition) is 0. The summed E-state index contributed by atoms with van der Waals surface area (Å²) in [4.78, 5) is 0. The minimum Gasteiger partial charge on any atom is -0.309 e. The monoisotopic (exact) mass is 677 g/mol. The van der Waals surface area contributed by atoms with E-state index in [1.54, 1.807) is 0 Å². The lowest BCUT2D eigenvalue weighted by atomic mass is 9.91. The van der Waals surface area contributed by atoms with Crippen LogP contribution in [0.25, 0.3) is 93.2 Å². The molecule has 0 aliphatic carbocycles. The molecule has 1 nitrogen and oxygen atoms in total. The second kappa shape index (κ2) is 12.7. The summed E-state index contributed by atoms with van der Waals surface area (Å²) in [5, 5.41) is 10.4. The van der Waals surface area contributed by atoms with Gasteiger partial charge in [-0.1, -0.05) is 141 Å². The summed E-state index contributed by atoms with van der Waals surface area (Å²) in [5.41, 5.74) is 14.0. The highest BCUT2D eigenvalue weighted by Gasteiger charge is 2.18. The van der Waals surface area contributed by atoms with E-state index in [-0.39, 0.29) is 0 Å². The third-order valence-corrected chi connectivity index (χ3v) is 11.3. The van der Waals surface area contributed by atoms with Gasteiger partial charge in [-0.2, -0.15) is 0 Å². The van der Waals surface area contributed by atoms with Gasteiger partial charge < -0.3 is 4.57 Å². The lowest BCUT2D eigenvalue weighted by Crippen LogP contribution is -1.96. The van der Waals surface area contributed by atoms with Gasteiger partial charge in [0.05, 0.1) is 11.0 Å². The van der Waals surface area contributed by atoms with Crippen molar-refractivity contribution in [3.63, 3.8) is 0 Å². The number of aryl methyl sites for hydroxylation is 2. The van der Waals surface area contributed by atoms with Crippen molar-refractivity contribution in [1.29, 1.82) is 0 Å². The summed E-state index contributed by atoms with van der Waals surface area (Å²) in [6.07, 6.45) is 1.98. The second-order valence-electron chi connectivity index (χ2n) is 14.2. The summed E-state index contributed by atoms with van der Waals surface area (Å²) in [6, 6.07) is 65.3. The predicted octanol–water partition coefficient (Wildman–Crippen LogP) is 14.4. The predicted molar refractivity (Wildman–Crippen MR) is 228 cm³/mol. The van der Waals surface area contributed by atoms with E-state index in [4.69, 9.17) is 0 Å². The van der Waals surface area contributed by atoms with Gasteiger partial charge in [0.25, 0.3) is 0 Å². The number of rotatable bonds is 6. The topological polar surface area (TPSA) is 4.93 Å². The van der Waals surface area contributed by atoms with Gasteiger partial charge in [0.15, 0.2) is 0 Å². The van der Waals surface area contributed by atoms with Crippen molar-refractivity contribution in [3.8, 4) is 39.1 Å². The van der Waals surface area contributed by atoms with Crippen molar-refractivity contribution < 1.29 is 0 Å². The summed E-state index contributed by atoms with van der Waals surface area (Å²) in [7, 11) is 0. The fraction of sp³-hybridized carbons (Fsp3) is 0.0769. The molecule has 0 spiro atoms. The molecule has 0 aliphatic rings. The Morgan fingerprint density at radius 2 is 0.849 bits per heavy atom. The summed E-state index contributed by atoms with van der Waals surface area (Å²) in [5.74, 6) is 0. The third-order valence-electron chi connectivity index (χ3n) is 11.3. The molecule has 252 valence electrons. The van der Waals surface area contributed by atoms with Crippen LogP contribution < -0.4 is 0 Å². The molecule has 0 amide bonds. The zero-order chi connectivity index (χ0) is 35.5. The number of nitrogens with zero attached hydrogens (tertiary/aromatic N) is 1. The van der Waals surface area contributed by atoms with Gasteiger partial charge in [0.1, 0.15) is 0 Å². The average molecular weight is 678 g/mol. The highest BCUT2D eigenvalue weighted by Crippen LogP contribution is 2.41. The smallest absolute Gasteiger partial charge is 0.0544 e. The van der Waals surface area contributed by atoms with Gasteiger partial charge in [0, 0.05) is 16.5 Å². The van der Waals surface area contributed by atoms with Crippen LogP contribution in [-0.4, -0.2) is 4.57 Å². The van der Waals surface area contributed by atoms with E-state index in [2.05, 4.69) is 194 Å². The molecule has 0 unspecified atom stereocenters. The minimum absolute atomic E-state index is 0.971. The Hall–Kier alpha value is -6.44. The van der Waals surface area contributed by atoms with Crippen LogP contribution in [0.15, 0.2) is 176 Å². The molecule has 0 saturated carbocycles. The van der Waals surface area contributed by atoms with E-state index in [9.17, 15) is 0 Å². The molecule has 10 aromatic rings. The van der Waals surface area contributed by atoms with Crippen molar-refractivity contribution >= 4 is 54.1 Å². The molecule has 53 heavy (non-hydrogen) atoms. The Bertz CT molecular complexity index is 2980. The zero-order valence-corrected chi connectivity index (χ0v) is 30.1. The molecule has 0 fully saturated rings. The lowest BCUT2D eigenvalue weighted by Gasteiger charge is -2.14. The first-order valence-corrected chi connectivity index (χ1v) is 18.9. The molecule has 0 atom stereocenters. The largest absolute Gasteiger partial charge is 0.309 e. The summed E-state index contributed by atoms with van der Waals surface area (Å²) >= 11 is 0. The van der Waals surface area contributed by atoms with E-state index in [1.807, 2.05) is 0 Å². The molecule has 1 heteroatoms. The van der Waals surface area contributed by atoms with E-state index in [0.717, 1.165) is 12.8 Å². The Labute approximate surface area is 310 Å². The Morgan fingerprint density at radius 3 is 1.53 bits per heavy atom. The van der Waals surface area contributed by atoms with E-state index >= 15 is 0 Å². The van der Waals surface area contributed by atoms with Crippen molar-refractivity contribution in [2.75, 3.05) is 0 Å². The molecule has 0 bridgehead atoms. The fourth-order valence-corrected chi connectivity index (χ4v) is 8.74. The van der Waals surface area contributed by atoms with Crippen LogP contribution in [0.2, 0.25) is 0 Å². The van der Waals surface area contributed by atoms with E-state index in [1.165, 1.54) is 104 Å². The highest BCUT2D eigenvalue weighted by molar-refractivity contribution is 6.25. The first kappa shape index (κ1) is 31.3. The normalized spacial score (nSPS) is 11.7. The molecule has 0 aliphatic heterocycles. The van der Waals surface area contributed by atoms with Gasteiger partial charge in [-0.25, -0.2) is 0 Å². The van der Waals surface area contributed by atoms with Crippen molar-refractivity contribution in [3.05, 3.63) is 187 Å². The molecule has 0 saturated heterocycles. The molecule has 9 aromatic carbocycles. The molecular formula is C52H39N. The van der Waals surface area contributed by atoms with E-state index < -0.39 is 0 Å². The maximum absolute atomic E-state index is 2.47. The first-order valence-electron chi connectivity index (χ1n) is 18.9. The van der Waals surface area contributed by atoms with Crippen LogP contribution in [0, 0.1) is 0 Å². The first-order chi connectivity index (χ1) is 26.2. The SMILES string of the molecule is CCc1ccccc1-c1cc2c3cc(-c4cccc(-c5ccc6c7ccccc7c7ccccc7c6c5)c4)ccc3n(-c3ccccc3)c2cc1CC. The van der Waals surface area contributed by atoms with Gasteiger partial charge in [0.2, 0.25) is 0 Å². The van der Waals surface area contributed by atoms with Gasteiger partial charge in [-0.05, 0) is 138 Å². The zero-order valence-electron chi connectivity index (χ0n) is 30.1. The summed E-state index contributed by atoms with van der Waals surface area (Å²) < 4.78 is 2.45. The third kappa shape index (κ3) is 5.07. The molecule has 10 rings (SSSR count). The fourth-order valence-electron chi connectivity index (χ4n) is 8.74. The van der Waals surface area contributed by atoms with Crippen molar-refractivity contribution in [2.24, 2.45) is 0 Å². The van der Waals surface area contributed by atoms with Crippen LogP contribution in [-0.2, 0) is 12.8 Å². The molecule has 0 N–H and O–H groups in total. The van der Waals surface area contributed by atoms with Crippen LogP contribution in [0.1, 0.15) is 25.0 Å². The second-order valence-corrected chi connectivity index (χ2v) is 14.2. The highest BCUT2D eigenvalue weighted by atomic mass is 15.0. The molecule has 1 heterocycles. The maximum Gasteiger partial charge on any atom is 0.0544 e. The van der Waals surface area contributed by atoms with Crippen LogP contribution in [0.4, 0.5) is 0 Å². The standard InChI is InChI=1S/C52H39N/c1-3-34-15-8-9-20-41(34)47-33-50-49-31-39(26-28-51(49)53(40-18-6-5-7-19-40)52(50)32-35(47)4-2)37-17-14-16-36(29-37)38-25-27-46-44-23-11-10-21-42(44)43-22-12-13-24-45(43)48(46)30-38/h5-33H,3-4H2,1-2H3. The number of para-hydroxylation sites is 1. The molecular weight excluding hydrogens is 639 g/mol. The lowest BCUT2D eigenvalue weighted by molar-refractivity contribution is 1.11. The van der Waals surface area contributed by atoms with Crippen molar-refractivity contribution in [2.45, 2.75) is 26.7 Å². The quantitative estimate of drug-likeness (QED) is 0.154. The van der Waals surface area contributed by atoms with Crippen LogP contribution in [0.5, 0.6) is 0 Å². The average Bonchev–Trinajstić information content (AvgIpc) is 3.56. The maximum atomic E-state index is 2.47. The number of hydrogen-bond donors (Lipinski definition) is 0. The number of aromatic nitrogens is 1. The molecule has 0 radical (unpaired) electrons. The van der Waals surface area contributed by atoms with Gasteiger partial charge in [-0.3, -0.25) is 0 Å². The Morgan fingerprint density at radius 1 is 0.321 bits per heavy atom. The number of benzene rings is 9. The Kier molecular flexibility index (Phi) is 7.47. The summed E-state index contributed by atoms with van der Waals surface area (Å²) in [6.45, 7) is 4.53. The van der Waals surface area contributed by atoms with Gasteiger partial charge >= 0.3 is 0 Å². The van der Waals surface area contributed by atoms with E-state index in [0.29, 0.717) is 0 Å². The number of fused-ring (bicyclic) bond motifs is 9. The van der Waals surface area contributed by atoms with Crippen LogP contribution in [0.3, 0.4) is 0 Å². The van der Waals surface area contributed by atoms with Crippen LogP contribution >= 0.6 is 0 Å².